The van der Waals surface area contributed by atoms with Crippen LogP contribution in [0.2, 0.25) is 0 Å². The first-order valence-corrected chi connectivity index (χ1v) is 8.95. The molecule has 0 radical (unpaired) electrons. The fraction of sp³-hybridized carbons (Fsp3) is 0.250. The molecule has 8 heteroatoms. The fourth-order valence-corrected chi connectivity index (χ4v) is 4.29. The number of nitro benzene ring substituents is 1. The Labute approximate surface area is 138 Å². The summed E-state index contributed by atoms with van der Waals surface area (Å²) in [5.74, 6) is -0.988. The maximum atomic E-state index is 13.7. The van der Waals surface area contributed by atoms with E-state index in [-0.39, 0.29) is 24.3 Å². The molecule has 1 aliphatic heterocycles. The first-order valence-electron chi connectivity index (χ1n) is 7.34. The molecule has 1 aliphatic rings. The lowest BCUT2D eigenvalue weighted by Crippen LogP contribution is -2.36. The second-order valence-electron chi connectivity index (χ2n) is 5.64. The SMILES string of the molecule is O=[N+]([O-])c1ccc2c(c1)CN(S(=O)(=O)Cc1ccccc1F)CC2. The number of non-ortho nitro benzene ring substituents is 1. The van der Waals surface area contributed by atoms with Crippen molar-refractivity contribution in [1.29, 1.82) is 0 Å². The molecule has 0 amide bonds. The van der Waals surface area contributed by atoms with Gasteiger partial charge < -0.3 is 0 Å². The molecule has 0 fully saturated rings. The van der Waals surface area contributed by atoms with Crippen molar-refractivity contribution in [1.82, 2.24) is 4.31 Å². The van der Waals surface area contributed by atoms with Crippen molar-refractivity contribution in [3.63, 3.8) is 0 Å². The Morgan fingerprint density at radius 1 is 1.17 bits per heavy atom. The molecule has 0 aromatic heterocycles. The van der Waals surface area contributed by atoms with E-state index in [2.05, 4.69) is 0 Å². The van der Waals surface area contributed by atoms with Gasteiger partial charge in [0.1, 0.15) is 5.82 Å². The van der Waals surface area contributed by atoms with Gasteiger partial charge in [0.05, 0.1) is 10.7 Å². The van der Waals surface area contributed by atoms with Crippen molar-refractivity contribution in [3.05, 3.63) is 75.1 Å². The van der Waals surface area contributed by atoms with Crippen LogP contribution in [-0.2, 0) is 28.7 Å². The van der Waals surface area contributed by atoms with Crippen LogP contribution in [0.1, 0.15) is 16.7 Å². The van der Waals surface area contributed by atoms with E-state index in [4.69, 9.17) is 0 Å². The minimum atomic E-state index is -3.71. The van der Waals surface area contributed by atoms with Gasteiger partial charge in [-0.1, -0.05) is 24.3 Å². The number of rotatable bonds is 4. The van der Waals surface area contributed by atoms with Crippen molar-refractivity contribution in [3.8, 4) is 0 Å². The van der Waals surface area contributed by atoms with Crippen molar-refractivity contribution in [2.45, 2.75) is 18.7 Å². The molecule has 3 rings (SSSR count). The summed E-state index contributed by atoms with van der Waals surface area (Å²) in [4.78, 5) is 10.4. The first-order chi connectivity index (χ1) is 11.4. The van der Waals surface area contributed by atoms with E-state index >= 15 is 0 Å². The van der Waals surface area contributed by atoms with Crippen LogP contribution in [0.15, 0.2) is 42.5 Å². The monoisotopic (exact) mass is 350 g/mol. The highest BCUT2D eigenvalue weighted by molar-refractivity contribution is 7.88. The highest BCUT2D eigenvalue weighted by Gasteiger charge is 2.28. The number of halogens is 1. The van der Waals surface area contributed by atoms with E-state index in [1.165, 1.54) is 34.6 Å². The molecular formula is C16H15FN2O4S. The van der Waals surface area contributed by atoms with E-state index in [9.17, 15) is 22.9 Å². The van der Waals surface area contributed by atoms with Gasteiger partial charge in [-0.05, 0) is 23.6 Å². The van der Waals surface area contributed by atoms with Crippen LogP contribution >= 0.6 is 0 Å². The summed E-state index contributed by atoms with van der Waals surface area (Å²) in [7, 11) is -3.71. The molecular weight excluding hydrogens is 335 g/mol. The summed E-state index contributed by atoms with van der Waals surface area (Å²) in [5.41, 5.74) is 1.56. The van der Waals surface area contributed by atoms with Crippen LogP contribution in [0.5, 0.6) is 0 Å². The molecule has 0 N–H and O–H groups in total. The summed E-state index contributed by atoms with van der Waals surface area (Å²) in [5, 5.41) is 10.9. The number of fused-ring (bicyclic) bond motifs is 1. The zero-order chi connectivity index (χ0) is 17.3. The van der Waals surface area contributed by atoms with Crippen LogP contribution in [0.3, 0.4) is 0 Å². The summed E-state index contributed by atoms with van der Waals surface area (Å²) in [6, 6.07) is 10.2. The second-order valence-corrected chi connectivity index (χ2v) is 7.61. The number of benzene rings is 2. The van der Waals surface area contributed by atoms with E-state index in [0.29, 0.717) is 12.0 Å². The molecule has 0 saturated heterocycles. The van der Waals surface area contributed by atoms with Gasteiger partial charge in [-0.25, -0.2) is 12.8 Å². The third-order valence-corrected chi connectivity index (χ3v) is 5.84. The highest BCUT2D eigenvalue weighted by atomic mass is 32.2. The summed E-state index contributed by atoms with van der Waals surface area (Å²) >= 11 is 0. The van der Waals surface area contributed by atoms with Crippen LogP contribution in [0.4, 0.5) is 10.1 Å². The van der Waals surface area contributed by atoms with Gasteiger partial charge in [0.15, 0.2) is 0 Å². The van der Waals surface area contributed by atoms with Gasteiger partial charge in [0, 0.05) is 30.8 Å². The molecule has 0 spiro atoms. The predicted octanol–water partition coefficient (Wildman–Crippen LogP) is 2.62. The molecule has 2 aromatic carbocycles. The molecule has 0 unspecified atom stereocenters. The smallest absolute Gasteiger partial charge is 0.258 e. The minimum absolute atomic E-state index is 0.0633. The topological polar surface area (TPSA) is 80.5 Å². The predicted molar refractivity (Wildman–Crippen MR) is 86.2 cm³/mol. The minimum Gasteiger partial charge on any atom is -0.258 e. The number of nitro groups is 1. The number of sulfonamides is 1. The molecule has 0 bridgehead atoms. The molecule has 2 aromatic rings. The highest BCUT2D eigenvalue weighted by Crippen LogP contribution is 2.26. The number of hydrogen-bond donors (Lipinski definition) is 0. The molecule has 0 aliphatic carbocycles. The second kappa shape index (κ2) is 6.29. The maximum absolute atomic E-state index is 13.7. The van der Waals surface area contributed by atoms with Gasteiger partial charge in [-0.2, -0.15) is 4.31 Å². The Hall–Kier alpha value is -2.32. The van der Waals surface area contributed by atoms with Crippen molar-refractivity contribution in [2.24, 2.45) is 0 Å². The molecule has 0 atom stereocenters. The van der Waals surface area contributed by atoms with Crippen molar-refractivity contribution in [2.75, 3.05) is 6.54 Å². The van der Waals surface area contributed by atoms with E-state index in [0.717, 1.165) is 5.56 Å². The Bertz CT molecular complexity index is 899. The van der Waals surface area contributed by atoms with E-state index < -0.39 is 26.5 Å². The van der Waals surface area contributed by atoms with E-state index in [1.807, 2.05) is 0 Å². The number of nitrogens with zero attached hydrogens (tertiary/aromatic N) is 2. The molecule has 24 heavy (non-hydrogen) atoms. The maximum Gasteiger partial charge on any atom is 0.269 e. The van der Waals surface area contributed by atoms with Gasteiger partial charge in [0.25, 0.3) is 5.69 Å². The Morgan fingerprint density at radius 2 is 1.92 bits per heavy atom. The summed E-state index contributed by atoms with van der Waals surface area (Å²) in [6.07, 6.45) is 0.476. The quantitative estimate of drug-likeness (QED) is 0.627. The largest absolute Gasteiger partial charge is 0.269 e. The fourth-order valence-electron chi connectivity index (χ4n) is 2.77. The first kappa shape index (κ1) is 16.5. The summed E-state index contributed by atoms with van der Waals surface area (Å²) < 4.78 is 40.1. The van der Waals surface area contributed by atoms with Crippen molar-refractivity contribution < 1.29 is 17.7 Å². The lowest BCUT2D eigenvalue weighted by atomic mass is 10.0. The van der Waals surface area contributed by atoms with E-state index in [1.54, 1.807) is 12.1 Å². The molecule has 1 heterocycles. The Balaban J connectivity index is 1.85. The standard InChI is InChI=1S/C16H15FN2O4S/c17-16-4-2-1-3-13(16)11-24(22,23)18-8-7-12-5-6-15(19(20)21)9-14(12)10-18/h1-6,9H,7-8,10-11H2. The van der Waals surface area contributed by atoms with Gasteiger partial charge in [-0.3, -0.25) is 10.1 Å². The van der Waals surface area contributed by atoms with Crippen LogP contribution in [0, 0.1) is 15.9 Å². The third-order valence-electron chi connectivity index (χ3n) is 4.07. The zero-order valence-corrected chi connectivity index (χ0v) is 13.5. The molecule has 126 valence electrons. The van der Waals surface area contributed by atoms with Gasteiger partial charge >= 0.3 is 0 Å². The van der Waals surface area contributed by atoms with Crippen LogP contribution < -0.4 is 0 Å². The number of hydrogen-bond acceptors (Lipinski definition) is 4. The average molecular weight is 350 g/mol. The lowest BCUT2D eigenvalue weighted by molar-refractivity contribution is -0.385. The molecule has 0 saturated carbocycles. The van der Waals surface area contributed by atoms with Gasteiger partial charge in [-0.15, -0.1) is 0 Å². The summed E-state index contributed by atoms with van der Waals surface area (Å²) in [6.45, 7) is 0.343. The third kappa shape index (κ3) is 3.29. The molecule has 6 nitrogen and oxygen atoms in total. The van der Waals surface area contributed by atoms with Crippen LogP contribution in [0.25, 0.3) is 0 Å². The van der Waals surface area contributed by atoms with Crippen molar-refractivity contribution >= 4 is 15.7 Å². The average Bonchev–Trinajstić information content (AvgIpc) is 2.55. The Kier molecular flexibility index (Phi) is 4.33. The normalized spacial score (nSPS) is 15.0. The lowest BCUT2D eigenvalue weighted by Gasteiger charge is -2.28. The Morgan fingerprint density at radius 3 is 2.62 bits per heavy atom. The van der Waals surface area contributed by atoms with Gasteiger partial charge in [0.2, 0.25) is 10.0 Å². The van der Waals surface area contributed by atoms with Crippen LogP contribution in [-0.4, -0.2) is 24.2 Å². The zero-order valence-electron chi connectivity index (χ0n) is 12.7.